The van der Waals surface area contributed by atoms with Gasteiger partial charge in [0.05, 0.1) is 0 Å². The Morgan fingerprint density at radius 2 is 2.00 bits per heavy atom. The van der Waals surface area contributed by atoms with Crippen molar-refractivity contribution in [3.63, 3.8) is 0 Å². The third-order valence-corrected chi connectivity index (χ3v) is 4.37. The van der Waals surface area contributed by atoms with Crippen LogP contribution < -0.4 is 5.73 Å². The molecule has 2 N–H and O–H groups in total. The van der Waals surface area contributed by atoms with Gasteiger partial charge in [-0.25, -0.2) is 0 Å². The monoisotopic (exact) mass is 224 g/mol. The minimum Gasteiger partial charge on any atom is -0.327 e. The van der Waals surface area contributed by atoms with Crippen molar-refractivity contribution in [3.05, 3.63) is 0 Å². The number of nitrogens with zero attached hydrogens (tertiary/aromatic N) is 1. The van der Waals surface area contributed by atoms with Crippen LogP contribution in [-0.2, 0) is 0 Å². The van der Waals surface area contributed by atoms with E-state index in [1.165, 1.54) is 38.6 Å². The molecule has 0 bridgehead atoms. The molecule has 1 aliphatic carbocycles. The Bertz CT molecular complexity index is 237. The van der Waals surface area contributed by atoms with Crippen LogP contribution in [0.25, 0.3) is 0 Å². The molecule has 0 aromatic heterocycles. The van der Waals surface area contributed by atoms with Crippen molar-refractivity contribution in [3.8, 4) is 0 Å². The van der Waals surface area contributed by atoms with E-state index in [1.807, 2.05) is 0 Å². The summed E-state index contributed by atoms with van der Waals surface area (Å²) in [6.45, 7) is 9.69. The van der Waals surface area contributed by atoms with Crippen LogP contribution in [0.2, 0.25) is 0 Å². The van der Waals surface area contributed by atoms with Crippen LogP contribution >= 0.6 is 0 Å². The number of piperidine rings is 1. The summed E-state index contributed by atoms with van der Waals surface area (Å²) in [7, 11) is 0. The van der Waals surface area contributed by atoms with Gasteiger partial charge < -0.3 is 5.73 Å². The summed E-state index contributed by atoms with van der Waals surface area (Å²) in [5.74, 6) is 0.881. The summed E-state index contributed by atoms with van der Waals surface area (Å²) in [6, 6.07) is 1.22. The molecule has 1 saturated heterocycles. The summed E-state index contributed by atoms with van der Waals surface area (Å²) < 4.78 is 0. The standard InChI is InChI=1S/C14H28N2/c1-11-7-13(9-14(2,3)8-11)16-6-4-5-12(15)10-16/h11-13H,4-10,15H2,1-3H3. The van der Waals surface area contributed by atoms with Gasteiger partial charge in [0, 0.05) is 18.6 Å². The lowest BCUT2D eigenvalue weighted by molar-refractivity contribution is 0.0501. The number of likely N-dealkylation sites (tertiary alicyclic amines) is 1. The lowest BCUT2D eigenvalue weighted by atomic mass is 9.70. The zero-order valence-electron chi connectivity index (χ0n) is 11.2. The number of nitrogens with two attached hydrogens (primary N) is 1. The van der Waals surface area contributed by atoms with Gasteiger partial charge in [-0.2, -0.15) is 0 Å². The molecular formula is C14H28N2. The molecule has 0 spiro atoms. The van der Waals surface area contributed by atoms with E-state index in [-0.39, 0.29) is 0 Å². The Hall–Kier alpha value is -0.0800. The van der Waals surface area contributed by atoms with Gasteiger partial charge in [0.2, 0.25) is 0 Å². The molecule has 0 amide bonds. The van der Waals surface area contributed by atoms with E-state index in [0.717, 1.165) is 18.5 Å². The maximum atomic E-state index is 6.09. The molecule has 94 valence electrons. The van der Waals surface area contributed by atoms with Crippen LogP contribution in [0.5, 0.6) is 0 Å². The van der Waals surface area contributed by atoms with E-state index < -0.39 is 0 Å². The summed E-state index contributed by atoms with van der Waals surface area (Å²) >= 11 is 0. The summed E-state index contributed by atoms with van der Waals surface area (Å²) in [4.78, 5) is 2.67. The maximum Gasteiger partial charge on any atom is 0.0168 e. The zero-order valence-corrected chi connectivity index (χ0v) is 11.2. The van der Waals surface area contributed by atoms with E-state index >= 15 is 0 Å². The van der Waals surface area contributed by atoms with Gasteiger partial charge in [0.1, 0.15) is 0 Å². The molecule has 3 unspecified atom stereocenters. The average Bonchev–Trinajstić information content (AvgIpc) is 2.14. The molecule has 0 aromatic rings. The van der Waals surface area contributed by atoms with Gasteiger partial charge >= 0.3 is 0 Å². The molecule has 2 fully saturated rings. The van der Waals surface area contributed by atoms with Crippen LogP contribution in [0.3, 0.4) is 0 Å². The van der Waals surface area contributed by atoms with Crippen molar-refractivity contribution in [2.45, 2.75) is 65.0 Å². The van der Waals surface area contributed by atoms with E-state index in [4.69, 9.17) is 5.73 Å². The largest absolute Gasteiger partial charge is 0.327 e. The topological polar surface area (TPSA) is 29.3 Å². The van der Waals surface area contributed by atoms with Gasteiger partial charge in [0.25, 0.3) is 0 Å². The van der Waals surface area contributed by atoms with Crippen LogP contribution in [-0.4, -0.2) is 30.1 Å². The highest BCUT2D eigenvalue weighted by Crippen LogP contribution is 2.40. The quantitative estimate of drug-likeness (QED) is 0.742. The fourth-order valence-electron chi connectivity index (χ4n) is 3.95. The Kier molecular flexibility index (Phi) is 3.60. The molecular weight excluding hydrogens is 196 g/mol. The summed E-state index contributed by atoms with van der Waals surface area (Å²) in [5, 5.41) is 0. The second-order valence-electron chi connectivity index (χ2n) is 6.96. The minimum atomic E-state index is 0.425. The number of hydrogen-bond donors (Lipinski definition) is 1. The highest BCUT2D eigenvalue weighted by Gasteiger charge is 2.35. The normalized spacial score (nSPS) is 40.9. The molecule has 16 heavy (non-hydrogen) atoms. The average molecular weight is 224 g/mol. The fourth-order valence-corrected chi connectivity index (χ4v) is 3.95. The smallest absolute Gasteiger partial charge is 0.0168 e. The van der Waals surface area contributed by atoms with Crippen molar-refractivity contribution in [1.82, 2.24) is 4.90 Å². The van der Waals surface area contributed by atoms with Crippen molar-refractivity contribution in [2.24, 2.45) is 17.1 Å². The van der Waals surface area contributed by atoms with Gasteiger partial charge in [-0.05, 0) is 50.0 Å². The molecule has 3 atom stereocenters. The highest BCUT2D eigenvalue weighted by molar-refractivity contribution is 4.90. The Labute approximate surface area is 101 Å². The zero-order chi connectivity index (χ0) is 11.8. The number of rotatable bonds is 1. The Morgan fingerprint density at radius 3 is 2.62 bits per heavy atom. The predicted molar refractivity (Wildman–Crippen MR) is 69.4 cm³/mol. The predicted octanol–water partition coefficient (Wildman–Crippen LogP) is 2.62. The van der Waals surface area contributed by atoms with Gasteiger partial charge in [-0.15, -0.1) is 0 Å². The fraction of sp³-hybridized carbons (Fsp3) is 1.00. The van der Waals surface area contributed by atoms with Gasteiger partial charge in [0.15, 0.2) is 0 Å². The van der Waals surface area contributed by atoms with E-state index in [9.17, 15) is 0 Å². The lowest BCUT2D eigenvalue weighted by Crippen LogP contribution is -2.50. The van der Waals surface area contributed by atoms with E-state index in [0.29, 0.717) is 11.5 Å². The molecule has 1 aliphatic heterocycles. The molecule has 2 aliphatic rings. The first-order valence-corrected chi connectivity index (χ1v) is 6.96. The van der Waals surface area contributed by atoms with Crippen LogP contribution in [0, 0.1) is 11.3 Å². The van der Waals surface area contributed by atoms with Crippen molar-refractivity contribution >= 4 is 0 Å². The van der Waals surface area contributed by atoms with Crippen LogP contribution in [0.4, 0.5) is 0 Å². The lowest BCUT2D eigenvalue weighted by Gasteiger charge is -2.46. The van der Waals surface area contributed by atoms with Gasteiger partial charge in [-0.3, -0.25) is 4.90 Å². The maximum absolute atomic E-state index is 6.09. The van der Waals surface area contributed by atoms with Crippen molar-refractivity contribution in [1.29, 1.82) is 0 Å². The summed E-state index contributed by atoms with van der Waals surface area (Å²) in [6.07, 6.45) is 6.66. The molecule has 1 heterocycles. The SMILES string of the molecule is CC1CC(N2CCCC(N)C2)CC(C)(C)C1. The second kappa shape index (κ2) is 4.66. The first-order chi connectivity index (χ1) is 7.46. The van der Waals surface area contributed by atoms with Crippen molar-refractivity contribution < 1.29 is 0 Å². The van der Waals surface area contributed by atoms with Crippen molar-refractivity contribution in [2.75, 3.05) is 13.1 Å². The third kappa shape index (κ3) is 2.98. The van der Waals surface area contributed by atoms with Crippen LogP contribution in [0.15, 0.2) is 0 Å². The first-order valence-electron chi connectivity index (χ1n) is 6.96. The molecule has 2 heteroatoms. The first kappa shape index (κ1) is 12.4. The second-order valence-corrected chi connectivity index (χ2v) is 6.96. The molecule has 2 nitrogen and oxygen atoms in total. The summed E-state index contributed by atoms with van der Waals surface area (Å²) in [5.41, 5.74) is 6.62. The van der Waals surface area contributed by atoms with Crippen LogP contribution in [0.1, 0.15) is 52.9 Å². The van der Waals surface area contributed by atoms with Gasteiger partial charge in [-0.1, -0.05) is 20.8 Å². The number of hydrogen-bond acceptors (Lipinski definition) is 2. The molecule has 0 radical (unpaired) electrons. The Balaban J connectivity index is 1.97. The molecule has 0 aromatic carbocycles. The molecule has 1 saturated carbocycles. The molecule has 2 rings (SSSR count). The van der Waals surface area contributed by atoms with E-state index in [2.05, 4.69) is 25.7 Å². The Morgan fingerprint density at radius 1 is 1.25 bits per heavy atom. The highest BCUT2D eigenvalue weighted by atomic mass is 15.2. The minimum absolute atomic E-state index is 0.425. The third-order valence-electron chi connectivity index (χ3n) is 4.37. The van der Waals surface area contributed by atoms with E-state index in [1.54, 1.807) is 0 Å².